The second kappa shape index (κ2) is 7.69. The van der Waals surface area contributed by atoms with E-state index in [1.54, 1.807) is 12.1 Å². The molecule has 7 nitrogen and oxygen atoms in total. The van der Waals surface area contributed by atoms with E-state index in [2.05, 4.69) is 36.9 Å². The lowest BCUT2D eigenvalue weighted by atomic mass is 10.3. The number of nitrogens with zero attached hydrogens (tertiary/aromatic N) is 2. The van der Waals surface area contributed by atoms with Crippen LogP contribution in [0.1, 0.15) is 22.0 Å². The van der Waals surface area contributed by atoms with Crippen molar-refractivity contribution < 1.29 is 14.1 Å². The third-order valence-electron chi connectivity index (χ3n) is 2.89. The molecule has 0 atom stereocenters. The highest BCUT2D eigenvalue weighted by Gasteiger charge is 2.13. The van der Waals surface area contributed by atoms with Gasteiger partial charge in [0.05, 0.1) is 13.5 Å². The van der Waals surface area contributed by atoms with E-state index in [-0.39, 0.29) is 18.2 Å². The smallest absolute Gasteiger partial charge is 0.279 e. The minimum absolute atomic E-state index is 0.125. The first-order chi connectivity index (χ1) is 11.6. The van der Waals surface area contributed by atoms with Crippen LogP contribution in [0.2, 0.25) is 0 Å². The molecule has 0 aliphatic heterocycles. The second-order valence-corrected chi connectivity index (χ2v) is 8.01. The van der Waals surface area contributed by atoms with E-state index in [1.165, 1.54) is 22.7 Å². The highest BCUT2D eigenvalue weighted by Crippen LogP contribution is 2.22. The SMILES string of the molecule is O=C(CCc1nc(-c2cccs2)no1)NNC(=O)c1ccc(Br)s1. The summed E-state index contributed by atoms with van der Waals surface area (Å²) in [6, 6.07) is 7.23. The number of amides is 2. The molecule has 0 aliphatic rings. The lowest BCUT2D eigenvalue weighted by molar-refractivity contribution is -0.121. The molecule has 3 aromatic heterocycles. The largest absolute Gasteiger partial charge is 0.339 e. The summed E-state index contributed by atoms with van der Waals surface area (Å²) in [5, 5.41) is 5.80. The Balaban J connectivity index is 1.45. The summed E-state index contributed by atoms with van der Waals surface area (Å²) in [6.07, 6.45) is 0.422. The zero-order valence-electron chi connectivity index (χ0n) is 12.1. The van der Waals surface area contributed by atoms with Crippen molar-refractivity contribution in [2.75, 3.05) is 0 Å². The maximum Gasteiger partial charge on any atom is 0.279 e. The van der Waals surface area contributed by atoms with E-state index in [0.29, 0.717) is 23.0 Å². The first-order valence-electron chi connectivity index (χ1n) is 6.83. The Labute approximate surface area is 153 Å². The number of halogens is 1. The Morgan fingerprint density at radius 3 is 2.83 bits per heavy atom. The fraction of sp³-hybridized carbons (Fsp3) is 0.143. The standard InChI is InChI=1S/C14H11BrN4O3S2/c15-10-4-3-9(24-10)14(21)18-17-11(20)5-6-12-16-13(19-22-12)8-2-1-7-23-8/h1-4,7H,5-6H2,(H,17,20)(H,18,21). The zero-order valence-corrected chi connectivity index (χ0v) is 15.3. The van der Waals surface area contributed by atoms with Crippen molar-refractivity contribution >= 4 is 50.4 Å². The van der Waals surface area contributed by atoms with Crippen LogP contribution in [0.4, 0.5) is 0 Å². The van der Waals surface area contributed by atoms with Crippen molar-refractivity contribution in [3.8, 4) is 10.7 Å². The topological polar surface area (TPSA) is 97.1 Å². The molecule has 3 aromatic rings. The van der Waals surface area contributed by atoms with Gasteiger partial charge in [-0.1, -0.05) is 11.2 Å². The van der Waals surface area contributed by atoms with Gasteiger partial charge in [0.25, 0.3) is 5.91 Å². The fourth-order valence-corrected chi connectivity index (χ4v) is 3.70. The second-order valence-electron chi connectivity index (χ2n) is 4.60. The van der Waals surface area contributed by atoms with Crippen molar-refractivity contribution in [3.63, 3.8) is 0 Å². The van der Waals surface area contributed by atoms with Gasteiger partial charge in [0.1, 0.15) is 0 Å². The number of aryl methyl sites for hydroxylation is 1. The van der Waals surface area contributed by atoms with Crippen LogP contribution in [0.5, 0.6) is 0 Å². The van der Waals surface area contributed by atoms with Crippen molar-refractivity contribution in [2.45, 2.75) is 12.8 Å². The molecular weight excluding hydrogens is 416 g/mol. The van der Waals surface area contributed by atoms with E-state index < -0.39 is 0 Å². The molecule has 3 rings (SSSR count). The molecule has 0 fully saturated rings. The fourth-order valence-electron chi connectivity index (χ4n) is 1.77. The Kier molecular flexibility index (Phi) is 5.38. The Morgan fingerprint density at radius 2 is 2.12 bits per heavy atom. The van der Waals surface area contributed by atoms with Crippen LogP contribution in [-0.4, -0.2) is 22.0 Å². The molecule has 0 aromatic carbocycles. The third-order valence-corrected chi connectivity index (χ3v) is 5.38. The summed E-state index contributed by atoms with van der Waals surface area (Å²) < 4.78 is 5.96. The van der Waals surface area contributed by atoms with Gasteiger partial charge in [-0.05, 0) is 39.5 Å². The monoisotopic (exact) mass is 426 g/mol. The normalized spacial score (nSPS) is 10.5. The number of nitrogens with one attached hydrogen (secondary N) is 2. The van der Waals surface area contributed by atoms with Gasteiger partial charge in [-0.2, -0.15) is 4.98 Å². The maximum atomic E-state index is 11.8. The van der Waals surface area contributed by atoms with Crippen LogP contribution in [0.25, 0.3) is 10.7 Å². The van der Waals surface area contributed by atoms with E-state index in [9.17, 15) is 9.59 Å². The zero-order chi connectivity index (χ0) is 16.9. The van der Waals surface area contributed by atoms with Crippen LogP contribution in [0.15, 0.2) is 38.0 Å². The van der Waals surface area contributed by atoms with Crippen molar-refractivity contribution in [1.29, 1.82) is 0 Å². The summed E-state index contributed by atoms with van der Waals surface area (Å²) >= 11 is 6.07. The number of rotatable bonds is 5. The Hall–Kier alpha value is -2.04. The molecule has 0 saturated heterocycles. The quantitative estimate of drug-likeness (QED) is 0.611. The summed E-state index contributed by atoms with van der Waals surface area (Å²) in [6.45, 7) is 0. The first kappa shape index (κ1) is 16.8. The van der Waals surface area contributed by atoms with Crippen LogP contribution in [0, 0.1) is 0 Å². The number of aromatic nitrogens is 2. The molecule has 0 saturated carbocycles. The van der Waals surface area contributed by atoms with E-state index in [4.69, 9.17) is 4.52 Å². The van der Waals surface area contributed by atoms with Gasteiger partial charge in [-0.15, -0.1) is 22.7 Å². The van der Waals surface area contributed by atoms with Crippen molar-refractivity contribution in [2.24, 2.45) is 0 Å². The highest BCUT2D eigenvalue weighted by molar-refractivity contribution is 9.11. The summed E-state index contributed by atoms with van der Waals surface area (Å²) in [7, 11) is 0. The Morgan fingerprint density at radius 1 is 1.25 bits per heavy atom. The van der Waals surface area contributed by atoms with Gasteiger partial charge in [0.2, 0.25) is 17.6 Å². The van der Waals surface area contributed by atoms with Crippen LogP contribution < -0.4 is 10.9 Å². The summed E-state index contributed by atoms with van der Waals surface area (Å²) in [5.41, 5.74) is 4.72. The molecule has 24 heavy (non-hydrogen) atoms. The molecule has 0 unspecified atom stereocenters. The van der Waals surface area contributed by atoms with E-state index in [1.807, 2.05) is 17.5 Å². The maximum absolute atomic E-state index is 11.8. The van der Waals surface area contributed by atoms with Gasteiger partial charge < -0.3 is 4.52 Å². The number of thiophene rings is 2. The minimum atomic E-state index is -0.364. The molecule has 2 N–H and O–H groups in total. The predicted octanol–water partition coefficient (Wildman–Crippen LogP) is 3.02. The van der Waals surface area contributed by atoms with Crippen LogP contribution >= 0.6 is 38.6 Å². The Bertz CT molecular complexity index is 844. The molecule has 0 bridgehead atoms. The van der Waals surface area contributed by atoms with Gasteiger partial charge >= 0.3 is 0 Å². The number of carbonyl (C=O) groups is 2. The molecule has 0 radical (unpaired) electrons. The minimum Gasteiger partial charge on any atom is -0.339 e. The predicted molar refractivity (Wildman–Crippen MR) is 93.6 cm³/mol. The lowest BCUT2D eigenvalue weighted by Gasteiger charge is -2.04. The van der Waals surface area contributed by atoms with Gasteiger partial charge in [0.15, 0.2) is 0 Å². The van der Waals surface area contributed by atoms with Crippen molar-refractivity contribution in [1.82, 2.24) is 21.0 Å². The van der Waals surface area contributed by atoms with Gasteiger partial charge in [-0.25, -0.2) is 0 Å². The molecule has 124 valence electrons. The molecule has 3 heterocycles. The average Bonchev–Trinajstić information content (AvgIpc) is 3.30. The molecule has 2 amide bonds. The number of hydrogen-bond donors (Lipinski definition) is 2. The van der Waals surface area contributed by atoms with Crippen LogP contribution in [0.3, 0.4) is 0 Å². The number of carbonyl (C=O) groups excluding carboxylic acids is 2. The average molecular weight is 427 g/mol. The molecule has 0 spiro atoms. The number of hydrazine groups is 1. The third kappa shape index (κ3) is 4.28. The number of hydrogen-bond acceptors (Lipinski definition) is 7. The summed E-state index contributed by atoms with van der Waals surface area (Å²) in [5.74, 6) is 0.186. The molecule has 10 heteroatoms. The lowest BCUT2D eigenvalue weighted by Crippen LogP contribution is -2.41. The van der Waals surface area contributed by atoms with E-state index >= 15 is 0 Å². The van der Waals surface area contributed by atoms with Crippen LogP contribution in [-0.2, 0) is 11.2 Å². The van der Waals surface area contributed by atoms with Gasteiger partial charge in [0, 0.05) is 12.8 Å². The van der Waals surface area contributed by atoms with Crippen molar-refractivity contribution in [3.05, 3.63) is 44.2 Å². The first-order valence-corrected chi connectivity index (χ1v) is 9.32. The summed E-state index contributed by atoms with van der Waals surface area (Å²) in [4.78, 5) is 29.2. The highest BCUT2D eigenvalue weighted by atomic mass is 79.9. The molecular formula is C14H11BrN4O3S2. The van der Waals surface area contributed by atoms with E-state index in [0.717, 1.165) is 8.66 Å². The van der Waals surface area contributed by atoms with Gasteiger partial charge in [-0.3, -0.25) is 20.4 Å². The molecule has 0 aliphatic carbocycles.